The number of aliphatic carboxylic acids is 1. The Bertz CT molecular complexity index is 310. The second-order valence-corrected chi connectivity index (χ2v) is 6.07. The third-order valence-corrected chi connectivity index (χ3v) is 4.46. The predicted molar refractivity (Wildman–Crippen MR) is 72.9 cm³/mol. The maximum atomic E-state index is 11.8. The molecule has 1 aliphatic rings. The first-order valence-electron chi connectivity index (χ1n) is 6.28. The molecule has 1 rings (SSSR count). The van der Waals surface area contributed by atoms with Crippen LogP contribution in [0.1, 0.15) is 33.1 Å². The van der Waals surface area contributed by atoms with Crippen molar-refractivity contribution in [2.45, 2.75) is 50.4 Å². The molecule has 3 atom stereocenters. The van der Waals surface area contributed by atoms with E-state index in [0.717, 1.165) is 19.3 Å². The quantitative estimate of drug-likeness (QED) is 0.712. The van der Waals surface area contributed by atoms with Gasteiger partial charge < -0.3 is 15.7 Å². The molecule has 0 bridgehead atoms. The Morgan fingerprint density at radius 3 is 2.50 bits per heavy atom. The Morgan fingerprint density at radius 1 is 1.33 bits per heavy atom. The van der Waals surface area contributed by atoms with Gasteiger partial charge in [0.2, 0.25) is 0 Å². The van der Waals surface area contributed by atoms with E-state index in [4.69, 9.17) is 5.11 Å². The molecule has 0 spiro atoms. The van der Waals surface area contributed by atoms with E-state index in [9.17, 15) is 9.59 Å². The van der Waals surface area contributed by atoms with Gasteiger partial charge in [-0.3, -0.25) is 0 Å². The van der Waals surface area contributed by atoms with Crippen LogP contribution in [0.15, 0.2) is 0 Å². The first-order valence-corrected chi connectivity index (χ1v) is 7.57. The minimum Gasteiger partial charge on any atom is -0.480 e. The van der Waals surface area contributed by atoms with Crippen LogP contribution in [0.4, 0.5) is 4.79 Å². The minimum atomic E-state index is -0.993. The molecule has 0 radical (unpaired) electrons. The molecule has 0 aromatic heterocycles. The smallest absolute Gasteiger partial charge is 0.326 e. The van der Waals surface area contributed by atoms with Crippen molar-refractivity contribution in [2.24, 2.45) is 5.92 Å². The molecule has 2 amide bonds. The van der Waals surface area contributed by atoms with E-state index in [0.29, 0.717) is 5.25 Å². The summed E-state index contributed by atoms with van der Waals surface area (Å²) < 4.78 is 0. The molecule has 1 fully saturated rings. The fourth-order valence-electron chi connectivity index (χ4n) is 2.24. The number of thioether (sulfide) groups is 1. The van der Waals surface area contributed by atoms with Crippen molar-refractivity contribution in [3.63, 3.8) is 0 Å². The second-order valence-electron chi connectivity index (χ2n) is 4.99. The molecule has 104 valence electrons. The number of rotatable bonds is 5. The first kappa shape index (κ1) is 15.1. The molecule has 0 saturated heterocycles. The lowest BCUT2D eigenvalue weighted by atomic mass is 10.1. The van der Waals surface area contributed by atoms with Gasteiger partial charge in [0.1, 0.15) is 6.04 Å². The van der Waals surface area contributed by atoms with Crippen LogP contribution in [0.2, 0.25) is 0 Å². The predicted octanol–water partition coefficient (Wildman–Crippen LogP) is 1.68. The van der Waals surface area contributed by atoms with E-state index in [2.05, 4.69) is 10.6 Å². The zero-order chi connectivity index (χ0) is 13.7. The van der Waals surface area contributed by atoms with Crippen molar-refractivity contribution in [3.8, 4) is 0 Å². The fraction of sp³-hybridized carbons (Fsp3) is 0.833. The molecule has 5 nitrogen and oxygen atoms in total. The van der Waals surface area contributed by atoms with Crippen molar-refractivity contribution >= 4 is 23.8 Å². The number of carbonyl (C=O) groups is 2. The van der Waals surface area contributed by atoms with Crippen molar-refractivity contribution in [1.29, 1.82) is 0 Å². The number of carbonyl (C=O) groups excluding carboxylic acids is 1. The molecule has 2 unspecified atom stereocenters. The minimum absolute atomic E-state index is 0.131. The summed E-state index contributed by atoms with van der Waals surface area (Å²) >= 11 is 1.76. The standard InChI is InChI=1S/C12H22N2O3S/c1-7(2)10(11(15)16)14-12(17)13-8-5-4-6-9(8)18-3/h7-10H,4-6H2,1-3H3,(H,15,16)(H2,13,14,17)/t8?,9?,10-/m0/s1. The highest BCUT2D eigenvalue weighted by Crippen LogP contribution is 2.28. The maximum absolute atomic E-state index is 11.8. The lowest BCUT2D eigenvalue weighted by molar-refractivity contribution is -0.140. The van der Waals surface area contributed by atoms with Crippen molar-refractivity contribution in [3.05, 3.63) is 0 Å². The molecule has 0 aliphatic heterocycles. The van der Waals surface area contributed by atoms with Crippen LogP contribution in [0.3, 0.4) is 0 Å². The average Bonchev–Trinajstić information content (AvgIpc) is 2.72. The van der Waals surface area contributed by atoms with Gasteiger partial charge in [-0.15, -0.1) is 0 Å². The van der Waals surface area contributed by atoms with E-state index in [1.54, 1.807) is 25.6 Å². The Balaban J connectivity index is 2.47. The molecule has 0 aromatic carbocycles. The number of urea groups is 1. The molecular weight excluding hydrogens is 252 g/mol. The lowest BCUT2D eigenvalue weighted by Crippen LogP contribution is -2.52. The van der Waals surface area contributed by atoms with Crippen molar-refractivity contribution in [2.75, 3.05) is 6.26 Å². The van der Waals surface area contributed by atoms with Gasteiger partial charge >= 0.3 is 12.0 Å². The normalized spacial score (nSPS) is 24.9. The maximum Gasteiger partial charge on any atom is 0.326 e. The van der Waals surface area contributed by atoms with E-state index >= 15 is 0 Å². The van der Waals surface area contributed by atoms with Crippen molar-refractivity contribution in [1.82, 2.24) is 10.6 Å². The molecule has 6 heteroatoms. The number of amides is 2. The molecule has 1 saturated carbocycles. The molecule has 1 aliphatic carbocycles. The van der Waals surface area contributed by atoms with Gasteiger partial charge in [0.05, 0.1) is 0 Å². The first-order chi connectivity index (χ1) is 8.45. The summed E-state index contributed by atoms with van der Waals surface area (Å²) in [5, 5.41) is 14.9. The zero-order valence-electron chi connectivity index (χ0n) is 11.1. The Hall–Kier alpha value is -0.910. The van der Waals surface area contributed by atoms with Gasteiger partial charge in [0.15, 0.2) is 0 Å². The van der Waals surface area contributed by atoms with Gasteiger partial charge in [-0.25, -0.2) is 9.59 Å². The SMILES string of the molecule is CSC1CCCC1NC(=O)N[C@H](C(=O)O)C(C)C. The molecule has 18 heavy (non-hydrogen) atoms. The highest BCUT2D eigenvalue weighted by atomic mass is 32.2. The largest absolute Gasteiger partial charge is 0.480 e. The summed E-state index contributed by atoms with van der Waals surface area (Å²) in [7, 11) is 0. The van der Waals surface area contributed by atoms with E-state index in [1.807, 2.05) is 6.26 Å². The Morgan fingerprint density at radius 2 is 2.00 bits per heavy atom. The van der Waals surface area contributed by atoms with Crippen LogP contribution in [0.25, 0.3) is 0 Å². The lowest BCUT2D eigenvalue weighted by Gasteiger charge is -2.23. The monoisotopic (exact) mass is 274 g/mol. The van der Waals surface area contributed by atoms with Crippen LogP contribution in [-0.2, 0) is 4.79 Å². The van der Waals surface area contributed by atoms with E-state index in [-0.39, 0.29) is 18.0 Å². The zero-order valence-corrected chi connectivity index (χ0v) is 11.9. The van der Waals surface area contributed by atoms with Crippen LogP contribution >= 0.6 is 11.8 Å². The molecule has 0 heterocycles. The van der Waals surface area contributed by atoms with E-state index < -0.39 is 12.0 Å². The number of hydrogen-bond donors (Lipinski definition) is 3. The van der Waals surface area contributed by atoms with Gasteiger partial charge in [0.25, 0.3) is 0 Å². The summed E-state index contributed by atoms with van der Waals surface area (Å²) in [6, 6.07) is -1.05. The second kappa shape index (κ2) is 6.87. The number of hydrogen-bond acceptors (Lipinski definition) is 3. The van der Waals surface area contributed by atoms with Gasteiger partial charge in [-0.2, -0.15) is 11.8 Å². The van der Waals surface area contributed by atoms with Crippen LogP contribution < -0.4 is 10.6 Å². The Kier molecular flexibility index (Phi) is 5.78. The van der Waals surface area contributed by atoms with Gasteiger partial charge in [-0.05, 0) is 25.0 Å². The van der Waals surface area contributed by atoms with Crippen molar-refractivity contribution < 1.29 is 14.7 Å². The van der Waals surface area contributed by atoms with Crippen LogP contribution in [0, 0.1) is 5.92 Å². The molecular formula is C12H22N2O3S. The number of carboxylic acids is 1. The average molecular weight is 274 g/mol. The highest BCUT2D eigenvalue weighted by molar-refractivity contribution is 7.99. The van der Waals surface area contributed by atoms with Gasteiger partial charge in [-0.1, -0.05) is 20.3 Å². The molecule has 0 aromatic rings. The third-order valence-electron chi connectivity index (χ3n) is 3.29. The summed E-state index contributed by atoms with van der Waals surface area (Å²) in [6.07, 6.45) is 5.23. The van der Waals surface area contributed by atoms with Crippen LogP contribution in [-0.4, -0.2) is 40.7 Å². The summed E-state index contributed by atoms with van der Waals surface area (Å²) in [5.74, 6) is -1.12. The van der Waals surface area contributed by atoms with E-state index in [1.165, 1.54) is 0 Å². The summed E-state index contributed by atoms with van der Waals surface area (Å²) in [4.78, 5) is 22.8. The molecule has 3 N–H and O–H groups in total. The highest BCUT2D eigenvalue weighted by Gasteiger charge is 2.29. The summed E-state index contributed by atoms with van der Waals surface area (Å²) in [5.41, 5.74) is 0. The van der Waals surface area contributed by atoms with Gasteiger partial charge in [0, 0.05) is 11.3 Å². The third kappa shape index (κ3) is 4.08. The number of nitrogens with one attached hydrogen (secondary N) is 2. The number of carboxylic acid groups (broad SMARTS) is 1. The Labute approximate surface area is 112 Å². The fourth-order valence-corrected chi connectivity index (χ4v) is 3.17. The van der Waals surface area contributed by atoms with Crippen LogP contribution in [0.5, 0.6) is 0 Å². The summed E-state index contributed by atoms with van der Waals surface area (Å²) in [6.45, 7) is 3.55. The topological polar surface area (TPSA) is 78.4 Å².